The topological polar surface area (TPSA) is 64.6 Å². The van der Waals surface area contributed by atoms with Crippen LogP contribution in [0.5, 0.6) is 0 Å². The van der Waals surface area contributed by atoms with Crippen LogP contribution in [0.1, 0.15) is 33.6 Å². The highest BCUT2D eigenvalue weighted by atomic mass is 16.3. The molecule has 0 aromatic heterocycles. The molecule has 5 nitrogen and oxygen atoms in total. The van der Waals surface area contributed by atoms with E-state index in [2.05, 4.69) is 17.6 Å². The molecular formula is C13H29N3O2. The Kier molecular flexibility index (Phi) is 8.15. The lowest BCUT2D eigenvalue weighted by atomic mass is 10.1. The molecule has 0 radical (unpaired) electrons. The molecule has 5 heteroatoms. The molecule has 0 saturated heterocycles. The molecule has 18 heavy (non-hydrogen) atoms. The summed E-state index contributed by atoms with van der Waals surface area (Å²) in [6.07, 6.45) is 2.05. The summed E-state index contributed by atoms with van der Waals surface area (Å²) in [5.41, 5.74) is -0.821. The predicted octanol–water partition coefficient (Wildman–Crippen LogP) is 0.193. The Labute approximate surface area is 111 Å². The summed E-state index contributed by atoms with van der Waals surface area (Å²) in [7, 11) is 3.82. The van der Waals surface area contributed by atoms with E-state index in [1.807, 2.05) is 25.9 Å². The molecule has 3 N–H and O–H groups in total. The highest BCUT2D eigenvalue weighted by Gasteiger charge is 2.21. The molecule has 0 fully saturated rings. The number of likely N-dealkylation sites (N-methyl/N-ethyl adjacent to an activating group) is 1. The number of carbonyl (C=O) groups is 1. The third kappa shape index (κ3) is 9.39. The van der Waals surface area contributed by atoms with E-state index in [1.54, 1.807) is 6.92 Å². The third-order valence-corrected chi connectivity index (χ3v) is 2.58. The number of amides is 1. The van der Waals surface area contributed by atoms with E-state index in [-0.39, 0.29) is 18.5 Å². The smallest absolute Gasteiger partial charge is 0.234 e. The van der Waals surface area contributed by atoms with E-state index < -0.39 is 5.60 Å². The average molecular weight is 259 g/mol. The van der Waals surface area contributed by atoms with Gasteiger partial charge in [-0.25, -0.2) is 0 Å². The van der Waals surface area contributed by atoms with E-state index in [0.717, 1.165) is 12.8 Å². The van der Waals surface area contributed by atoms with Gasteiger partial charge in [-0.05, 0) is 34.4 Å². The van der Waals surface area contributed by atoms with Crippen LogP contribution >= 0.6 is 0 Å². The first kappa shape index (κ1) is 17.4. The van der Waals surface area contributed by atoms with Crippen LogP contribution in [0.2, 0.25) is 0 Å². The minimum atomic E-state index is -0.821. The van der Waals surface area contributed by atoms with Crippen molar-refractivity contribution >= 4 is 5.91 Å². The second kappa shape index (κ2) is 8.45. The first-order valence-corrected chi connectivity index (χ1v) is 6.64. The zero-order valence-electron chi connectivity index (χ0n) is 12.4. The van der Waals surface area contributed by atoms with E-state index >= 15 is 0 Å². The minimum absolute atomic E-state index is 0.0170. The highest BCUT2D eigenvalue weighted by molar-refractivity contribution is 5.78. The molecule has 0 saturated carbocycles. The van der Waals surface area contributed by atoms with Crippen molar-refractivity contribution in [3.8, 4) is 0 Å². The molecular weight excluding hydrogens is 230 g/mol. The van der Waals surface area contributed by atoms with Crippen molar-refractivity contribution in [2.45, 2.75) is 45.3 Å². The SMILES string of the molecule is CCCC(C)NC(=O)CNCC(C)(O)CN(C)C. The van der Waals surface area contributed by atoms with Crippen LogP contribution in [0.4, 0.5) is 0 Å². The Balaban J connectivity index is 3.80. The minimum Gasteiger partial charge on any atom is -0.388 e. The lowest BCUT2D eigenvalue weighted by Gasteiger charge is -2.27. The maximum absolute atomic E-state index is 11.6. The second-order valence-electron chi connectivity index (χ2n) is 5.60. The zero-order valence-corrected chi connectivity index (χ0v) is 12.4. The van der Waals surface area contributed by atoms with Crippen molar-refractivity contribution in [2.24, 2.45) is 0 Å². The summed E-state index contributed by atoms with van der Waals surface area (Å²) in [4.78, 5) is 13.5. The maximum atomic E-state index is 11.6. The fraction of sp³-hybridized carbons (Fsp3) is 0.923. The van der Waals surface area contributed by atoms with Gasteiger partial charge in [-0.3, -0.25) is 4.79 Å². The van der Waals surface area contributed by atoms with Gasteiger partial charge in [-0.2, -0.15) is 0 Å². The van der Waals surface area contributed by atoms with Gasteiger partial charge in [0, 0.05) is 19.1 Å². The highest BCUT2D eigenvalue weighted by Crippen LogP contribution is 2.02. The van der Waals surface area contributed by atoms with Gasteiger partial charge >= 0.3 is 0 Å². The van der Waals surface area contributed by atoms with Gasteiger partial charge in [0.1, 0.15) is 0 Å². The van der Waals surface area contributed by atoms with Crippen LogP contribution in [-0.4, -0.2) is 61.3 Å². The quantitative estimate of drug-likeness (QED) is 0.553. The summed E-state index contributed by atoms with van der Waals surface area (Å²) in [6.45, 7) is 7.08. The Morgan fingerprint density at radius 3 is 2.56 bits per heavy atom. The van der Waals surface area contributed by atoms with Crippen LogP contribution in [-0.2, 0) is 4.79 Å². The standard InChI is InChI=1S/C13H29N3O2/c1-6-7-11(2)15-12(17)8-14-9-13(3,18)10-16(4)5/h11,14,18H,6-10H2,1-5H3,(H,15,17). The van der Waals surface area contributed by atoms with Gasteiger partial charge in [0.25, 0.3) is 0 Å². The van der Waals surface area contributed by atoms with Crippen molar-refractivity contribution in [1.29, 1.82) is 0 Å². The molecule has 2 atom stereocenters. The van der Waals surface area contributed by atoms with Gasteiger partial charge in [-0.15, -0.1) is 0 Å². The molecule has 0 rings (SSSR count). The number of hydrogen-bond acceptors (Lipinski definition) is 4. The molecule has 1 amide bonds. The molecule has 0 aromatic rings. The summed E-state index contributed by atoms with van der Waals surface area (Å²) < 4.78 is 0. The summed E-state index contributed by atoms with van der Waals surface area (Å²) in [5.74, 6) is -0.0170. The van der Waals surface area contributed by atoms with Crippen LogP contribution in [0.15, 0.2) is 0 Å². The van der Waals surface area contributed by atoms with E-state index in [1.165, 1.54) is 0 Å². The van der Waals surface area contributed by atoms with Gasteiger partial charge in [0.15, 0.2) is 0 Å². The van der Waals surface area contributed by atoms with Crippen LogP contribution in [0.3, 0.4) is 0 Å². The van der Waals surface area contributed by atoms with Crippen molar-refractivity contribution in [3.05, 3.63) is 0 Å². The lowest BCUT2D eigenvalue weighted by Crippen LogP contribution is -2.48. The number of nitrogens with one attached hydrogen (secondary N) is 2. The van der Waals surface area contributed by atoms with Crippen LogP contribution in [0.25, 0.3) is 0 Å². The Morgan fingerprint density at radius 2 is 2.06 bits per heavy atom. The Morgan fingerprint density at radius 1 is 1.44 bits per heavy atom. The lowest BCUT2D eigenvalue weighted by molar-refractivity contribution is -0.121. The van der Waals surface area contributed by atoms with Gasteiger partial charge in [-0.1, -0.05) is 13.3 Å². The fourth-order valence-electron chi connectivity index (χ4n) is 2.01. The molecule has 0 aliphatic carbocycles. The predicted molar refractivity (Wildman–Crippen MR) is 74.6 cm³/mol. The number of carbonyl (C=O) groups excluding carboxylic acids is 1. The summed E-state index contributed by atoms with van der Waals surface area (Å²) in [6, 6.07) is 0.214. The normalized spacial score (nSPS) is 16.4. The molecule has 0 aromatic carbocycles. The van der Waals surface area contributed by atoms with Gasteiger partial charge < -0.3 is 20.6 Å². The van der Waals surface area contributed by atoms with Crippen molar-refractivity contribution in [1.82, 2.24) is 15.5 Å². The zero-order chi connectivity index (χ0) is 14.2. The first-order chi connectivity index (χ1) is 8.26. The average Bonchev–Trinajstić information content (AvgIpc) is 2.14. The number of nitrogens with zero attached hydrogens (tertiary/aromatic N) is 1. The fourth-order valence-corrected chi connectivity index (χ4v) is 2.01. The van der Waals surface area contributed by atoms with Crippen LogP contribution < -0.4 is 10.6 Å². The molecule has 0 heterocycles. The molecule has 0 aliphatic heterocycles. The maximum Gasteiger partial charge on any atom is 0.234 e. The number of rotatable bonds is 9. The van der Waals surface area contributed by atoms with E-state index in [4.69, 9.17) is 0 Å². The van der Waals surface area contributed by atoms with E-state index in [0.29, 0.717) is 13.1 Å². The van der Waals surface area contributed by atoms with Crippen molar-refractivity contribution in [2.75, 3.05) is 33.7 Å². The molecule has 0 bridgehead atoms. The number of aliphatic hydroxyl groups is 1. The van der Waals surface area contributed by atoms with Crippen LogP contribution in [0, 0.1) is 0 Å². The Bertz CT molecular complexity index is 242. The molecule has 0 spiro atoms. The van der Waals surface area contributed by atoms with E-state index in [9.17, 15) is 9.90 Å². The first-order valence-electron chi connectivity index (χ1n) is 6.64. The molecule has 108 valence electrons. The third-order valence-electron chi connectivity index (χ3n) is 2.58. The number of hydrogen-bond donors (Lipinski definition) is 3. The molecule has 0 aliphatic rings. The summed E-state index contributed by atoms with van der Waals surface area (Å²) >= 11 is 0. The largest absolute Gasteiger partial charge is 0.388 e. The Hall–Kier alpha value is -0.650. The second-order valence-corrected chi connectivity index (χ2v) is 5.60. The van der Waals surface area contributed by atoms with Crippen molar-refractivity contribution < 1.29 is 9.90 Å². The van der Waals surface area contributed by atoms with Gasteiger partial charge in [0.05, 0.1) is 12.1 Å². The molecule has 2 unspecified atom stereocenters. The monoisotopic (exact) mass is 259 g/mol. The van der Waals surface area contributed by atoms with Crippen molar-refractivity contribution in [3.63, 3.8) is 0 Å². The summed E-state index contributed by atoms with van der Waals surface area (Å²) in [5, 5.41) is 15.9. The van der Waals surface area contributed by atoms with Gasteiger partial charge in [0.2, 0.25) is 5.91 Å².